The third-order valence-electron chi connectivity index (χ3n) is 10.4. The third kappa shape index (κ3) is 3.27. The Morgan fingerprint density at radius 2 is 1.83 bits per heavy atom. The average molecular weight is 408 g/mol. The smallest absolute Gasteiger partial charge is 0.303 e. The molecule has 0 aliphatic heterocycles. The molecule has 5 N–H and O–H groups in total. The lowest BCUT2D eigenvalue weighted by Crippen LogP contribution is -2.62. The van der Waals surface area contributed by atoms with E-state index in [0.717, 1.165) is 44.9 Å². The van der Waals surface area contributed by atoms with Crippen LogP contribution in [0.1, 0.15) is 78.6 Å². The Labute approximate surface area is 175 Å². The van der Waals surface area contributed by atoms with E-state index in [1.807, 2.05) is 0 Å². The van der Waals surface area contributed by atoms with Crippen LogP contribution in [0.25, 0.3) is 0 Å². The minimum absolute atomic E-state index is 0.176. The second-order valence-corrected chi connectivity index (χ2v) is 11.5. The lowest BCUT2D eigenvalue weighted by Gasteiger charge is -2.63. The number of aliphatic hydroxyl groups excluding tert-OH is 2. The molecule has 0 heterocycles. The van der Waals surface area contributed by atoms with Gasteiger partial charge in [0.05, 0.1) is 12.2 Å². The summed E-state index contributed by atoms with van der Waals surface area (Å²) in [6.45, 7) is 6.81. The van der Waals surface area contributed by atoms with Gasteiger partial charge in [0.25, 0.3) is 0 Å². The zero-order valence-electron chi connectivity index (χ0n) is 18.4. The van der Waals surface area contributed by atoms with Gasteiger partial charge in [-0.1, -0.05) is 20.8 Å². The summed E-state index contributed by atoms with van der Waals surface area (Å²) in [4.78, 5) is 11.1. The Hall–Kier alpha value is -0.650. The minimum Gasteiger partial charge on any atom is -0.481 e. The molecule has 0 spiro atoms. The molecule has 0 bridgehead atoms. The molecule has 0 aromatic rings. The second-order valence-electron chi connectivity index (χ2n) is 11.5. The van der Waals surface area contributed by atoms with Crippen molar-refractivity contribution in [1.82, 2.24) is 0 Å². The first kappa shape index (κ1) is 21.6. The number of carboxylic acid groups (broad SMARTS) is 1. The first-order valence-electron chi connectivity index (χ1n) is 11.9. The SMILES string of the molecule is C[C@H](CCC(=O)O)C1CCC2C3C(C[C@H](O)[C@@]21C)[C@@]1(C)CC[C@H](N)C[C@H]1C[C@H]3O. The second kappa shape index (κ2) is 7.49. The summed E-state index contributed by atoms with van der Waals surface area (Å²) >= 11 is 0. The Morgan fingerprint density at radius 3 is 2.52 bits per heavy atom. The summed E-state index contributed by atoms with van der Waals surface area (Å²) in [7, 11) is 0. The van der Waals surface area contributed by atoms with E-state index in [-0.39, 0.29) is 47.3 Å². The molecule has 5 heteroatoms. The Balaban J connectivity index is 1.61. The van der Waals surface area contributed by atoms with E-state index in [4.69, 9.17) is 10.8 Å². The van der Waals surface area contributed by atoms with E-state index in [1.165, 1.54) is 0 Å². The Kier molecular flexibility index (Phi) is 5.57. The van der Waals surface area contributed by atoms with Crippen molar-refractivity contribution in [3.63, 3.8) is 0 Å². The van der Waals surface area contributed by atoms with E-state index in [9.17, 15) is 15.0 Å². The van der Waals surface area contributed by atoms with Crippen LogP contribution >= 0.6 is 0 Å². The number of aliphatic hydroxyl groups is 2. The fourth-order valence-electron chi connectivity index (χ4n) is 8.74. The molecular formula is C24H41NO4. The summed E-state index contributed by atoms with van der Waals surface area (Å²) in [6.07, 6.45) is 7.09. The fraction of sp³-hybridized carbons (Fsp3) is 0.958. The van der Waals surface area contributed by atoms with Crippen LogP contribution in [-0.2, 0) is 4.79 Å². The molecule has 4 rings (SSSR count). The fourth-order valence-corrected chi connectivity index (χ4v) is 8.74. The molecule has 4 aliphatic carbocycles. The third-order valence-corrected chi connectivity index (χ3v) is 10.4. The molecule has 0 aromatic heterocycles. The number of aliphatic carboxylic acids is 1. The molecule has 4 aliphatic rings. The molecule has 166 valence electrons. The van der Waals surface area contributed by atoms with Crippen LogP contribution in [0.5, 0.6) is 0 Å². The topological polar surface area (TPSA) is 104 Å². The summed E-state index contributed by atoms with van der Waals surface area (Å²) in [6, 6.07) is 0.251. The average Bonchev–Trinajstić information content (AvgIpc) is 3.01. The van der Waals surface area contributed by atoms with Gasteiger partial charge in [-0.2, -0.15) is 0 Å². The van der Waals surface area contributed by atoms with Crippen molar-refractivity contribution in [3.8, 4) is 0 Å². The number of fused-ring (bicyclic) bond motifs is 5. The lowest BCUT2D eigenvalue weighted by molar-refractivity contribution is -0.202. The maximum Gasteiger partial charge on any atom is 0.303 e. The van der Waals surface area contributed by atoms with E-state index < -0.39 is 5.97 Å². The monoisotopic (exact) mass is 407 g/mol. The molecular weight excluding hydrogens is 366 g/mol. The highest BCUT2D eigenvalue weighted by Gasteiger charge is 2.65. The molecule has 5 nitrogen and oxygen atoms in total. The summed E-state index contributed by atoms with van der Waals surface area (Å²) in [5, 5.41) is 31.9. The van der Waals surface area contributed by atoms with Crippen molar-refractivity contribution < 1.29 is 20.1 Å². The van der Waals surface area contributed by atoms with Crippen LogP contribution in [0.3, 0.4) is 0 Å². The molecule has 4 saturated carbocycles. The number of hydrogen-bond donors (Lipinski definition) is 4. The highest BCUT2D eigenvalue weighted by atomic mass is 16.4. The van der Waals surface area contributed by atoms with Crippen molar-refractivity contribution in [2.75, 3.05) is 0 Å². The summed E-state index contributed by atoms with van der Waals surface area (Å²) in [5.41, 5.74) is 6.24. The van der Waals surface area contributed by atoms with Gasteiger partial charge in [-0.05, 0) is 97.7 Å². The standard InChI is InChI=1S/C24H41NO4/c1-13(4-7-21(28)29)16-5-6-17-22-18(12-20(27)24(16,17)3)23(2)9-8-15(25)10-14(23)11-19(22)26/h13-20,22,26-27H,4-12,25H2,1-3H3,(H,28,29)/t13-,14+,15+,16?,17?,18?,19-,20+,22?,23+,24-/m1/s1. The molecule has 29 heavy (non-hydrogen) atoms. The van der Waals surface area contributed by atoms with Crippen LogP contribution in [0.2, 0.25) is 0 Å². The van der Waals surface area contributed by atoms with Crippen molar-refractivity contribution in [2.24, 2.45) is 52.1 Å². The number of nitrogens with two attached hydrogens (primary N) is 1. The molecule has 0 aromatic carbocycles. The van der Waals surface area contributed by atoms with Gasteiger partial charge >= 0.3 is 5.97 Å². The van der Waals surface area contributed by atoms with Gasteiger partial charge in [0.2, 0.25) is 0 Å². The first-order valence-corrected chi connectivity index (χ1v) is 11.9. The van der Waals surface area contributed by atoms with Gasteiger partial charge in [0.15, 0.2) is 0 Å². The van der Waals surface area contributed by atoms with Crippen molar-refractivity contribution in [1.29, 1.82) is 0 Å². The van der Waals surface area contributed by atoms with Crippen LogP contribution in [0.4, 0.5) is 0 Å². The van der Waals surface area contributed by atoms with Gasteiger partial charge in [0, 0.05) is 12.5 Å². The number of carbonyl (C=O) groups is 1. The number of rotatable bonds is 4. The van der Waals surface area contributed by atoms with Gasteiger partial charge in [0.1, 0.15) is 0 Å². The Morgan fingerprint density at radius 1 is 1.10 bits per heavy atom. The first-order chi connectivity index (χ1) is 13.6. The minimum atomic E-state index is -0.738. The molecule has 4 fully saturated rings. The predicted molar refractivity (Wildman–Crippen MR) is 112 cm³/mol. The van der Waals surface area contributed by atoms with Crippen molar-refractivity contribution in [3.05, 3.63) is 0 Å². The molecule has 4 unspecified atom stereocenters. The van der Waals surface area contributed by atoms with Crippen LogP contribution in [0.15, 0.2) is 0 Å². The highest BCUT2D eigenvalue weighted by Crippen LogP contribution is 2.68. The summed E-state index contributed by atoms with van der Waals surface area (Å²) in [5.74, 6) is 1.30. The molecule has 11 atom stereocenters. The van der Waals surface area contributed by atoms with Gasteiger partial charge in [-0.25, -0.2) is 0 Å². The zero-order valence-corrected chi connectivity index (χ0v) is 18.4. The lowest BCUT2D eigenvalue weighted by atomic mass is 9.43. The van der Waals surface area contributed by atoms with Crippen LogP contribution < -0.4 is 5.73 Å². The van der Waals surface area contributed by atoms with E-state index in [0.29, 0.717) is 30.1 Å². The predicted octanol–water partition coefficient (Wildman–Crippen LogP) is 3.42. The molecule has 0 amide bonds. The van der Waals surface area contributed by atoms with Gasteiger partial charge < -0.3 is 21.1 Å². The van der Waals surface area contributed by atoms with Crippen molar-refractivity contribution >= 4 is 5.97 Å². The van der Waals surface area contributed by atoms with E-state index >= 15 is 0 Å². The maximum absolute atomic E-state index is 11.5. The zero-order chi connectivity index (χ0) is 21.1. The number of carboxylic acids is 1. The Bertz CT molecular complexity index is 640. The van der Waals surface area contributed by atoms with Crippen LogP contribution in [-0.4, -0.2) is 39.5 Å². The summed E-state index contributed by atoms with van der Waals surface area (Å²) < 4.78 is 0. The highest BCUT2D eigenvalue weighted by molar-refractivity contribution is 5.66. The largest absolute Gasteiger partial charge is 0.481 e. The number of hydrogen-bond acceptors (Lipinski definition) is 4. The van der Waals surface area contributed by atoms with E-state index in [1.54, 1.807) is 0 Å². The maximum atomic E-state index is 11.5. The normalized spacial score (nSPS) is 52.9. The molecule has 0 radical (unpaired) electrons. The quantitative estimate of drug-likeness (QED) is 0.572. The van der Waals surface area contributed by atoms with E-state index in [2.05, 4.69) is 20.8 Å². The van der Waals surface area contributed by atoms with Crippen LogP contribution in [0, 0.1) is 46.3 Å². The van der Waals surface area contributed by atoms with Gasteiger partial charge in [-0.3, -0.25) is 4.79 Å². The van der Waals surface area contributed by atoms with Crippen molar-refractivity contribution in [2.45, 2.75) is 96.8 Å². The molecule has 0 saturated heterocycles. The van der Waals surface area contributed by atoms with Gasteiger partial charge in [-0.15, -0.1) is 0 Å².